The van der Waals surface area contributed by atoms with Crippen molar-refractivity contribution in [1.29, 1.82) is 0 Å². The first-order valence-corrected chi connectivity index (χ1v) is 9.58. The molecule has 3 rings (SSSR count). The summed E-state index contributed by atoms with van der Waals surface area (Å²) in [5.74, 6) is -0.922. The van der Waals surface area contributed by atoms with E-state index in [-0.39, 0.29) is 23.8 Å². The molecule has 0 atom stereocenters. The van der Waals surface area contributed by atoms with Crippen LogP contribution in [0.5, 0.6) is 0 Å². The molecule has 2 amide bonds. The van der Waals surface area contributed by atoms with Crippen molar-refractivity contribution in [3.63, 3.8) is 0 Å². The number of carbonyl (C=O) groups is 2. The maximum Gasteiger partial charge on any atom is 0.258 e. The largest absolute Gasteiger partial charge is 0.309 e. The number of nitrogens with zero attached hydrogens (tertiary/aromatic N) is 2. The molecule has 7 heteroatoms. The van der Waals surface area contributed by atoms with E-state index in [1.807, 2.05) is 37.3 Å². The summed E-state index contributed by atoms with van der Waals surface area (Å²) >= 11 is 0. The van der Waals surface area contributed by atoms with E-state index in [2.05, 4.69) is 0 Å². The van der Waals surface area contributed by atoms with Gasteiger partial charge in [-0.3, -0.25) is 9.59 Å². The Bertz CT molecular complexity index is 910. The Morgan fingerprint density at radius 3 is 2.44 bits per heavy atom. The first kappa shape index (κ1) is 17.2. The van der Waals surface area contributed by atoms with Gasteiger partial charge in [0, 0.05) is 24.2 Å². The van der Waals surface area contributed by atoms with Gasteiger partial charge in [0.25, 0.3) is 5.91 Å². The van der Waals surface area contributed by atoms with Crippen LogP contribution in [0.1, 0.15) is 23.7 Å². The van der Waals surface area contributed by atoms with Gasteiger partial charge in [0.1, 0.15) is 0 Å². The molecule has 2 aromatic rings. The van der Waals surface area contributed by atoms with E-state index in [1.165, 1.54) is 12.1 Å². The maximum atomic E-state index is 12.9. The third kappa shape index (κ3) is 3.28. The van der Waals surface area contributed by atoms with Crippen LogP contribution in [0.3, 0.4) is 0 Å². The van der Waals surface area contributed by atoms with E-state index in [1.54, 1.807) is 17.0 Å². The van der Waals surface area contributed by atoms with Crippen LogP contribution in [0.25, 0.3) is 0 Å². The molecule has 1 heterocycles. The number of sulfonamides is 1. The molecule has 0 aliphatic carbocycles. The van der Waals surface area contributed by atoms with E-state index in [9.17, 15) is 18.0 Å². The van der Waals surface area contributed by atoms with Crippen molar-refractivity contribution >= 4 is 33.2 Å². The molecule has 0 aromatic heterocycles. The second-order valence-electron chi connectivity index (χ2n) is 5.66. The SMILES string of the molecule is CCN(C(=O)c1cccc(N2C(=O)CCS2(=O)=O)c1)c1ccccc1. The Balaban J connectivity index is 1.96. The van der Waals surface area contributed by atoms with Crippen molar-refractivity contribution in [2.45, 2.75) is 13.3 Å². The van der Waals surface area contributed by atoms with Crippen molar-refractivity contribution in [2.24, 2.45) is 0 Å². The minimum Gasteiger partial charge on any atom is -0.309 e. The van der Waals surface area contributed by atoms with Crippen molar-refractivity contribution < 1.29 is 18.0 Å². The molecule has 2 aromatic carbocycles. The Labute approximate surface area is 146 Å². The highest BCUT2D eigenvalue weighted by Gasteiger charge is 2.36. The van der Waals surface area contributed by atoms with Gasteiger partial charge in [-0.1, -0.05) is 24.3 Å². The van der Waals surface area contributed by atoms with Gasteiger partial charge in [0.15, 0.2) is 0 Å². The van der Waals surface area contributed by atoms with Crippen LogP contribution in [0.4, 0.5) is 11.4 Å². The molecule has 25 heavy (non-hydrogen) atoms. The van der Waals surface area contributed by atoms with Crippen molar-refractivity contribution in [3.8, 4) is 0 Å². The van der Waals surface area contributed by atoms with Crippen LogP contribution in [0.2, 0.25) is 0 Å². The van der Waals surface area contributed by atoms with Gasteiger partial charge in [-0.15, -0.1) is 0 Å². The van der Waals surface area contributed by atoms with Gasteiger partial charge in [0.2, 0.25) is 15.9 Å². The topological polar surface area (TPSA) is 74.8 Å². The molecule has 0 spiro atoms. The summed E-state index contributed by atoms with van der Waals surface area (Å²) in [5.41, 5.74) is 1.29. The standard InChI is InChI=1S/C18H18N2O4S/c1-2-19(15-8-4-3-5-9-15)18(22)14-7-6-10-16(13-14)20-17(21)11-12-25(20,23)24/h3-10,13H,2,11-12H2,1H3. The molecule has 1 saturated heterocycles. The molecule has 130 valence electrons. The number of para-hydroxylation sites is 1. The van der Waals surface area contributed by atoms with Crippen LogP contribution >= 0.6 is 0 Å². The number of anilines is 2. The lowest BCUT2D eigenvalue weighted by Crippen LogP contribution is -2.32. The molecule has 0 radical (unpaired) electrons. The summed E-state index contributed by atoms with van der Waals surface area (Å²) in [4.78, 5) is 26.4. The molecular weight excluding hydrogens is 340 g/mol. The maximum absolute atomic E-state index is 12.9. The number of amides is 2. The van der Waals surface area contributed by atoms with Crippen molar-refractivity contribution in [3.05, 3.63) is 60.2 Å². The molecule has 1 aliphatic rings. The van der Waals surface area contributed by atoms with Gasteiger partial charge in [0.05, 0.1) is 11.4 Å². The molecule has 0 unspecified atom stereocenters. The first-order valence-electron chi connectivity index (χ1n) is 7.97. The predicted octanol–water partition coefficient (Wildman–Crippen LogP) is 2.42. The van der Waals surface area contributed by atoms with Gasteiger partial charge in [-0.2, -0.15) is 0 Å². The average Bonchev–Trinajstić information content (AvgIpc) is 2.89. The zero-order valence-corrected chi connectivity index (χ0v) is 14.6. The highest BCUT2D eigenvalue weighted by atomic mass is 32.2. The van der Waals surface area contributed by atoms with Crippen molar-refractivity contribution in [1.82, 2.24) is 0 Å². The first-order chi connectivity index (χ1) is 11.9. The Morgan fingerprint density at radius 1 is 1.12 bits per heavy atom. The third-order valence-corrected chi connectivity index (χ3v) is 5.73. The fourth-order valence-electron chi connectivity index (χ4n) is 2.84. The number of rotatable bonds is 4. The summed E-state index contributed by atoms with van der Waals surface area (Å²) in [5, 5.41) is 0. The van der Waals surface area contributed by atoms with Crippen LogP contribution in [0.15, 0.2) is 54.6 Å². The summed E-state index contributed by atoms with van der Waals surface area (Å²) in [6.07, 6.45) is -0.0361. The van der Waals surface area contributed by atoms with E-state index >= 15 is 0 Å². The molecule has 6 nitrogen and oxygen atoms in total. The molecule has 0 N–H and O–H groups in total. The summed E-state index contributed by atoms with van der Waals surface area (Å²) in [6.45, 7) is 2.33. The number of benzene rings is 2. The van der Waals surface area contributed by atoms with Crippen LogP contribution < -0.4 is 9.21 Å². The van der Waals surface area contributed by atoms with Gasteiger partial charge in [-0.25, -0.2) is 12.7 Å². The smallest absolute Gasteiger partial charge is 0.258 e. The lowest BCUT2D eigenvalue weighted by Gasteiger charge is -2.22. The van der Waals surface area contributed by atoms with Crippen molar-refractivity contribution in [2.75, 3.05) is 21.5 Å². The lowest BCUT2D eigenvalue weighted by atomic mass is 10.1. The van der Waals surface area contributed by atoms with E-state index < -0.39 is 15.9 Å². The molecule has 0 saturated carbocycles. The van der Waals surface area contributed by atoms with Gasteiger partial charge in [-0.05, 0) is 37.3 Å². The highest BCUT2D eigenvalue weighted by Crippen LogP contribution is 2.27. The number of hydrogen-bond acceptors (Lipinski definition) is 4. The molecule has 0 bridgehead atoms. The molecular formula is C18H18N2O4S. The Kier molecular flexibility index (Phi) is 4.59. The Morgan fingerprint density at radius 2 is 1.84 bits per heavy atom. The zero-order valence-electron chi connectivity index (χ0n) is 13.8. The molecule has 1 aliphatic heterocycles. The van der Waals surface area contributed by atoms with E-state index in [4.69, 9.17) is 0 Å². The normalized spacial score (nSPS) is 16.0. The van der Waals surface area contributed by atoms with Crippen LogP contribution in [-0.2, 0) is 14.8 Å². The zero-order chi connectivity index (χ0) is 18.0. The minimum absolute atomic E-state index is 0.0361. The highest BCUT2D eigenvalue weighted by molar-refractivity contribution is 7.94. The van der Waals surface area contributed by atoms with E-state index in [0.717, 1.165) is 9.99 Å². The van der Waals surface area contributed by atoms with Gasteiger partial charge < -0.3 is 4.90 Å². The number of carbonyl (C=O) groups excluding carboxylic acids is 2. The van der Waals surface area contributed by atoms with E-state index in [0.29, 0.717) is 12.1 Å². The molecule has 1 fully saturated rings. The second-order valence-corrected chi connectivity index (χ2v) is 7.60. The monoisotopic (exact) mass is 358 g/mol. The average molecular weight is 358 g/mol. The van der Waals surface area contributed by atoms with Gasteiger partial charge >= 0.3 is 0 Å². The summed E-state index contributed by atoms with van der Waals surface area (Å²) < 4.78 is 24.9. The summed E-state index contributed by atoms with van der Waals surface area (Å²) in [7, 11) is -3.65. The Hall–Kier alpha value is -2.67. The second kappa shape index (κ2) is 6.68. The fraction of sp³-hybridized carbons (Fsp3) is 0.222. The lowest BCUT2D eigenvalue weighted by molar-refractivity contribution is -0.116. The quantitative estimate of drug-likeness (QED) is 0.841. The van der Waals surface area contributed by atoms with Crippen LogP contribution in [-0.4, -0.2) is 32.5 Å². The summed E-state index contributed by atoms with van der Waals surface area (Å²) in [6, 6.07) is 15.4. The minimum atomic E-state index is -3.65. The third-order valence-electron chi connectivity index (χ3n) is 4.04. The van der Waals surface area contributed by atoms with Crippen LogP contribution in [0, 0.1) is 0 Å². The number of hydrogen-bond donors (Lipinski definition) is 0. The predicted molar refractivity (Wildman–Crippen MR) is 96.1 cm³/mol. The fourth-order valence-corrected chi connectivity index (χ4v) is 4.29.